The summed E-state index contributed by atoms with van der Waals surface area (Å²) in [6.07, 6.45) is 3.10. The van der Waals surface area contributed by atoms with E-state index in [-0.39, 0.29) is 5.69 Å². The lowest BCUT2D eigenvalue weighted by molar-refractivity contribution is 0.0523. The largest absolute Gasteiger partial charge is 0.444 e. The van der Waals surface area contributed by atoms with Gasteiger partial charge < -0.3 is 10.1 Å². The Labute approximate surface area is 260 Å². The predicted octanol–water partition coefficient (Wildman–Crippen LogP) is 6.92. The first kappa shape index (κ1) is 29.6. The molecule has 45 heavy (non-hydrogen) atoms. The van der Waals surface area contributed by atoms with Gasteiger partial charge in [-0.25, -0.2) is 9.59 Å². The van der Waals surface area contributed by atoms with E-state index in [1.165, 1.54) is 0 Å². The fourth-order valence-corrected chi connectivity index (χ4v) is 5.45. The number of benzene rings is 3. The van der Waals surface area contributed by atoms with Crippen LogP contribution in [0.2, 0.25) is 0 Å². The Morgan fingerprint density at radius 3 is 2.33 bits per heavy atom. The average molecular weight is 599 g/mol. The SMILES string of the molecule is Cn1c(=O)n(-c2ccc(C(C)(C)C#N)cc2)c2c3cc(-c4cnc5ccc(CNC(=O)OC(C)(C)C)cc5c4)ccc3ncc21. The van der Waals surface area contributed by atoms with Gasteiger partial charge in [-0.05, 0) is 93.8 Å². The van der Waals surface area contributed by atoms with Crippen LogP contribution in [0.1, 0.15) is 45.7 Å². The van der Waals surface area contributed by atoms with Crippen molar-refractivity contribution in [2.24, 2.45) is 7.05 Å². The van der Waals surface area contributed by atoms with Gasteiger partial charge in [0.2, 0.25) is 0 Å². The van der Waals surface area contributed by atoms with Crippen LogP contribution < -0.4 is 11.0 Å². The lowest BCUT2D eigenvalue weighted by Gasteiger charge is -2.19. The number of nitrogens with one attached hydrogen (secondary N) is 1. The van der Waals surface area contributed by atoms with Crippen molar-refractivity contribution in [1.82, 2.24) is 24.4 Å². The van der Waals surface area contributed by atoms with Crippen LogP contribution in [0.5, 0.6) is 0 Å². The number of aromatic nitrogens is 4. The number of aryl methyl sites for hydroxylation is 1. The molecule has 226 valence electrons. The lowest BCUT2D eigenvalue weighted by Crippen LogP contribution is -2.32. The number of rotatable bonds is 5. The van der Waals surface area contributed by atoms with Crippen molar-refractivity contribution in [2.75, 3.05) is 0 Å². The maximum absolute atomic E-state index is 13.6. The number of hydrogen-bond donors (Lipinski definition) is 1. The molecule has 0 aliphatic rings. The normalized spacial score (nSPS) is 12.0. The van der Waals surface area contributed by atoms with Crippen molar-refractivity contribution in [1.29, 1.82) is 5.26 Å². The molecule has 0 unspecified atom stereocenters. The standard InChI is InChI=1S/C36H34N6O3/c1-35(2,3)45-33(43)40-18-22-7-13-29-24(15-22)16-25(19-38-29)23-8-14-30-28(17-23)32-31(20-39-30)41(6)34(44)42(32)27-11-9-26(10-12-27)36(4,5)21-37/h7-17,19-20H,18H2,1-6H3,(H,40,43). The molecule has 0 bridgehead atoms. The Morgan fingerprint density at radius 1 is 0.911 bits per heavy atom. The molecule has 6 aromatic rings. The number of nitriles is 1. The van der Waals surface area contributed by atoms with Gasteiger partial charge in [-0.2, -0.15) is 5.26 Å². The molecule has 0 atom stereocenters. The van der Waals surface area contributed by atoms with Crippen molar-refractivity contribution < 1.29 is 9.53 Å². The van der Waals surface area contributed by atoms with Crippen LogP contribution in [0.3, 0.4) is 0 Å². The molecular formula is C36H34N6O3. The van der Waals surface area contributed by atoms with Gasteiger partial charge in [-0.15, -0.1) is 0 Å². The maximum Gasteiger partial charge on any atom is 0.407 e. The molecule has 0 fully saturated rings. The van der Waals surface area contributed by atoms with Crippen LogP contribution in [-0.4, -0.2) is 30.8 Å². The van der Waals surface area contributed by atoms with Crippen molar-refractivity contribution in [3.63, 3.8) is 0 Å². The highest BCUT2D eigenvalue weighted by Crippen LogP contribution is 2.31. The van der Waals surface area contributed by atoms with Gasteiger partial charge in [0.15, 0.2) is 0 Å². The fraction of sp³-hybridized carbons (Fsp3) is 0.250. The molecule has 0 saturated heterocycles. The first-order chi connectivity index (χ1) is 21.3. The van der Waals surface area contributed by atoms with E-state index in [1.807, 2.05) is 101 Å². The summed E-state index contributed by atoms with van der Waals surface area (Å²) < 4.78 is 8.66. The van der Waals surface area contributed by atoms with Crippen molar-refractivity contribution in [3.8, 4) is 22.9 Å². The minimum absolute atomic E-state index is 0.183. The second kappa shape index (κ2) is 10.9. The molecular weight excluding hydrogens is 564 g/mol. The van der Waals surface area contributed by atoms with E-state index < -0.39 is 17.1 Å². The van der Waals surface area contributed by atoms with Crippen molar-refractivity contribution in [3.05, 3.63) is 101 Å². The Bertz CT molecular complexity index is 2210. The second-order valence-corrected chi connectivity index (χ2v) is 12.8. The molecule has 3 aromatic carbocycles. The number of imidazole rings is 1. The highest BCUT2D eigenvalue weighted by atomic mass is 16.6. The van der Waals surface area contributed by atoms with Gasteiger partial charge in [0.05, 0.1) is 45.4 Å². The molecule has 6 rings (SSSR count). The summed E-state index contributed by atoms with van der Waals surface area (Å²) >= 11 is 0. The lowest BCUT2D eigenvalue weighted by atomic mass is 9.86. The highest BCUT2D eigenvalue weighted by Gasteiger charge is 2.21. The molecule has 3 aromatic heterocycles. The average Bonchev–Trinajstić information content (AvgIpc) is 3.28. The molecule has 0 aliphatic heterocycles. The highest BCUT2D eigenvalue weighted by molar-refractivity contribution is 6.05. The Hall–Kier alpha value is -5.49. The molecule has 9 nitrogen and oxygen atoms in total. The second-order valence-electron chi connectivity index (χ2n) is 12.8. The number of carbonyl (C=O) groups excluding carboxylic acids is 1. The molecule has 0 saturated carbocycles. The zero-order valence-electron chi connectivity index (χ0n) is 26.2. The summed E-state index contributed by atoms with van der Waals surface area (Å²) in [7, 11) is 1.74. The first-order valence-electron chi connectivity index (χ1n) is 14.7. The first-order valence-corrected chi connectivity index (χ1v) is 14.7. The number of nitrogens with zero attached hydrogens (tertiary/aromatic N) is 5. The van der Waals surface area contributed by atoms with E-state index in [0.717, 1.165) is 49.6 Å². The van der Waals surface area contributed by atoms with Crippen molar-refractivity contribution >= 4 is 38.9 Å². The quantitative estimate of drug-likeness (QED) is 0.230. The van der Waals surface area contributed by atoms with Gasteiger partial charge in [-0.3, -0.25) is 19.1 Å². The summed E-state index contributed by atoms with van der Waals surface area (Å²) in [5.74, 6) is 0. The van der Waals surface area contributed by atoms with Gasteiger partial charge in [-0.1, -0.05) is 24.3 Å². The molecule has 0 aliphatic carbocycles. The third-order valence-corrected chi connectivity index (χ3v) is 7.92. The van der Waals surface area contributed by atoms with E-state index >= 15 is 0 Å². The predicted molar refractivity (Wildman–Crippen MR) is 176 cm³/mol. The monoisotopic (exact) mass is 598 g/mol. The fourth-order valence-electron chi connectivity index (χ4n) is 5.45. The summed E-state index contributed by atoms with van der Waals surface area (Å²) in [4.78, 5) is 35.1. The van der Waals surface area contributed by atoms with E-state index in [0.29, 0.717) is 17.7 Å². The topological polar surface area (TPSA) is 115 Å². The zero-order chi connectivity index (χ0) is 32.1. The smallest absolute Gasteiger partial charge is 0.407 e. The summed E-state index contributed by atoms with van der Waals surface area (Å²) in [6.45, 7) is 9.56. The number of amides is 1. The number of hydrogen-bond acceptors (Lipinski definition) is 6. The molecule has 3 heterocycles. The zero-order valence-corrected chi connectivity index (χ0v) is 26.2. The van der Waals surface area contributed by atoms with E-state index in [4.69, 9.17) is 9.72 Å². The van der Waals surface area contributed by atoms with Crippen LogP contribution in [0.25, 0.3) is 49.7 Å². The summed E-state index contributed by atoms with van der Waals surface area (Å²) in [6, 6.07) is 23.9. The number of pyridine rings is 2. The Balaban J connectivity index is 1.41. The molecule has 9 heteroatoms. The van der Waals surface area contributed by atoms with Crippen molar-refractivity contribution in [2.45, 2.75) is 52.2 Å². The van der Waals surface area contributed by atoms with E-state index in [1.54, 1.807) is 22.4 Å². The van der Waals surface area contributed by atoms with E-state index in [9.17, 15) is 14.9 Å². The van der Waals surface area contributed by atoms with Crippen LogP contribution >= 0.6 is 0 Å². The van der Waals surface area contributed by atoms with Gasteiger partial charge >= 0.3 is 11.8 Å². The van der Waals surface area contributed by atoms with Crippen LogP contribution in [-0.2, 0) is 23.7 Å². The van der Waals surface area contributed by atoms with E-state index in [2.05, 4.69) is 22.4 Å². The maximum atomic E-state index is 13.6. The molecule has 0 radical (unpaired) electrons. The minimum atomic E-state index is -0.642. The number of fused-ring (bicyclic) bond motifs is 4. The van der Waals surface area contributed by atoms with Crippen LogP contribution in [0, 0.1) is 11.3 Å². The summed E-state index contributed by atoms with van der Waals surface area (Å²) in [5, 5.41) is 14.1. The number of alkyl carbamates (subject to hydrolysis) is 1. The van der Waals surface area contributed by atoms with Gasteiger partial charge in [0.25, 0.3) is 0 Å². The van der Waals surface area contributed by atoms with Crippen LogP contribution in [0.15, 0.2) is 83.9 Å². The van der Waals surface area contributed by atoms with Gasteiger partial charge in [0.1, 0.15) is 5.60 Å². The molecule has 1 N–H and O–H groups in total. The number of carbonyl (C=O) groups is 1. The van der Waals surface area contributed by atoms with Crippen LogP contribution in [0.4, 0.5) is 4.79 Å². The summed E-state index contributed by atoms with van der Waals surface area (Å²) in [5.41, 5.74) is 6.02. The Morgan fingerprint density at radius 2 is 1.62 bits per heavy atom. The van der Waals surface area contributed by atoms with Gasteiger partial charge in [0, 0.05) is 36.1 Å². The molecule has 0 spiro atoms. The third kappa shape index (κ3) is 5.63. The Kier molecular flexibility index (Phi) is 7.16. The number of ether oxygens (including phenoxy) is 1. The minimum Gasteiger partial charge on any atom is -0.444 e. The molecule has 1 amide bonds. The third-order valence-electron chi connectivity index (χ3n) is 7.92.